The number of hydrazine groups is 1. The highest BCUT2D eigenvalue weighted by atomic mass is 16.5. The Labute approximate surface area is 87.0 Å². The average Bonchev–Trinajstić information content (AvgIpc) is 2.23. The summed E-state index contributed by atoms with van der Waals surface area (Å²) in [5, 5.41) is 0. The maximum atomic E-state index is 5.50. The van der Waals surface area contributed by atoms with Crippen LogP contribution < -0.4 is 20.7 Å². The van der Waals surface area contributed by atoms with Gasteiger partial charge in [0.05, 0.1) is 7.11 Å². The maximum absolute atomic E-state index is 5.50. The molecule has 1 aliphatic rings. The van der Waals surface area contributed by atoms with Crippen LogP contribution in [-0.2, 0) is 0 Å². The van der Waals surface area contributed by atoms with E-state index in [-0.39, 0.29) is 24.1 Å². The van der Waals surface area contributed by atoms with Gasteiger partial charge in [-0.2, -0.15) is 9.97 Å². The summed E-state index contributed by atoms with van der Waals surface area (Å²) in [6.45, 7) is 0. The van der Waals surface area contributed by atoms with Crippen LogP contribution in [-0.4, -0.2) is 28.2 Å². The normalized spacial score (nSPS) is 15.6. The van der Waals surface area contributed by atoms with E-state index in [1.165, 1.54) is 13.5 Å². The molecular formula is C8H13N5O2. The number of aromatic nitrogens is 3. The van der Waals surface area contributed by atoms with Crippen LogP contribution in [0.3, 0.4) is 0 Å². The Balaban J connectivity index is 2.13. The van der Waals surface area contributed by atoms with Gasteiger partial charge in [-0.3, -0.25) is 5.43 Å². The van der Waals surface area contributed by atoms with Crippen molar-refractivity contribution in [2.45, 2.75) is 25.4 Å². The van der Waals surface area contributed by atoms with Crippen molar-refractivity contribution in [2.24, 2.45) is 5.84 Å². The Kier molecular flexibility index (Phi) is 2.82. The molecule has 3 N–H and O–H groups in total. The van der Waals surface area contributed by atoms with Gasteiger partial charge >= 0.3 is 12.0 Å². The zero-order chi connectivity index (χ0) is 10.7. The van der Waals surface area contributed by atoms with Gasteiger partial charge in [0.2, 0.25) is 5.95 Å². The molecule has 0 aliphatic heterocycles. The fourth-order valence-corrected chi connectivity index (χ4v) is 1.18. The summed E-state index contributed by atoms with van der Waals surface area (Å²) in [5.41, 5.74) is 2.33. The van der Waals surface area contributed by atoms with Crippen molar-refractivity contribution in [3.05, 3.63) is 0 Å². The predicted octanol–water partition coefficient (Wildman–Crippen LogP) is 0.0971. The minimum Gasteiger partial charge on any atom is -0.467 e. The molecular weight excluding hydrogens is 198 g/mol. The zero-order valence-corrected chi connectivity index (χ0v) is 8.43. The van der Waals surface area contributed by atoms with E-state index < -0.39 is 0 Å². The van der Waals surface area contributed by atoms with E-state index in [2.05, 4.69) is 20.4 Å². The van der Waals surface area contributed by atoms with Gasteiger partial charge in [-0.25, -0.2) is 5.84 Å². The molecule has 82 valence electrons. The molecule has 0 aromatic carbocycles. The van der Waals surface area contributed by atoms with Gasteiger partial charge in [0.1, 0.15) is 6.10 Å². The molecule has 0 bridgehead atoms. The molecule has 1 aliphatic carbocycles. The quantitative estimate of drug-likeness (QED) is 0.538. The molecule has 0 unspecified atom stereocenters. The third-order valence-corrected chi connectivity index (χ3v) is 2.23. The van der Waals surface area contributed by atoms with Gasteiger partial charge in [-0.15, -0.1) is 4.98 Å². The lowest BCUT2D eigenvalue weighted by Crippen LogP contribution is -2.26. The summed E-state index contributed by atoms with van der Waals surface area (Å²) in [4.78, 5) is 11.8. The van der Waals surface area contributed by atoms with Crippen LogP contribution in [0.4, 0.5) is 5.95 Å². The second kappa shape index (κ2) is 4.26. The van der Waals surface area contributed by atoms with Crippen LogP contribution in [0.1, 0.15) is 19.3 Å². The predicted molar refractivity (Wildman–Crippen MR) is 52.5 cm³/mol. The summed E-state index contributed by atoms with van der Waals surface area (Å²) >= 11 is 0. The Morgan fingerprint density at radius 3 is 2.53 bits per heavy atom. The first-order valence-corrected chi connectivity index (χ1v) is 4.75. The highest BCUT2D eigenvalue weighted by Crippen LogP contribution is 2.24. The molecule has 1 aromatic rings. The number of methoxy groups -OCH3 is 1. The lowest BCUT2D eigenvalue weighted by molar-refractivity contribution is 0.107. The third kappa shape index (κ3) is 2.24. The number of anilines is 1. The molecule has 1 fully saturated rings. The van der Waals surface area contributed by atoms with Crippen molar-refractivity contribution in [1.82, 2.24) is 15.0 Å². The van der Waals surface area contributed by atoms with Gasteiger partial charge in [0.25, 0.3) is 0 Å². The minimum absolute atomic E-state index is 0.187. The monoisotopic (exact) mass is 211 g/mol. The fourth-order valence-electron chi connectivity index (χ4n) is 1.18. The van der Waals surface area contributed by atoms with Crippen LogP contribution in [0.25, 0.3) is 0 Å². The number of rotatable bonds is 4. The van der Waals surface area contributed by atoms with E-state index in [0.29, 0.717) is 0 Å². The number of nitrogen functional groups attached to an aromatic ring is 1. The smallest absolute Gasteiger partial charge is 0.324 e. The summed E-state index contributed by atoms with van der Waals surface area (Å²) < 4.78 is 10.4. The molecule has 0 amide bonds. The Morgan fingerprint density at radius 1 is 1.27 bits per heavy atom. The molecule has 7 nitrogen and oxygen atoms in total. The number of nitrogens with zero attached hydrogens (tertiary/aromatic N) is 3. The molecule has 1 saturated carbocycles. The number of hydrogen-bond donors (Lipinski definition) is 2. The SMILES string of the molecule is COc1nc(NN)nc(OC2CCC2)n1. The Morgan fingerprint density at radius 2 is 2.00 bits per heavy atom. The van der Waals surface area contributed by atoms with E-state index in [1.54, 1.807) is 0 Å². The lowest BCUT2D eigenvalue weighted by Gasteiger charge is -2.24. The summed E-state index contributed by atoms with van der Waals surface area (Å²) in [6, 6.07) is 0.437. The Bertz CT molecular complexity index is 320. The third-order valence-electron chi connectivity index (χ3n) is 2.23. The first-order valence-electron chi connectivity index (χ1n) is 4.75. The van der Waals surface area contributed by atoms with Crippen molar-refractivity contribution in [1.29, 1.82) is 0 Å². The fraction of sp³-hybridized carbons (Fsp3) is 0.625. The van der Waals surface area contributed by atoms with Gasteiger partial charge in [-0.05, 0) is 19.3 Å². The molecule has 1 aromatic heterocycles. The largest absolute Gasteiger partial charge is 0.467 e. The highest BCUT2D eigenvalue weighted by molar-refractivity contribution is 5.25. The van der Waals surface area contributed by atoms with Crippen molar-refractivity contribution >= 4 is 5.95 Å². The van der Waals surface area contributed by atoms with Crippen LogP contribution in [0.2, 0.25) is 0 Å². The standard InChI is InChI=1S/C8H13N5O2/c1-14-7-10-6(13-9)11-8(12-7)15-5-3-2-4-5/h5H,2-4,9H2,1H3,(H,10,11,12,13). The van der Waals surface area contributed by atoms with Crippen molar-refractivity contribution in [3.63, 3.8) is 0 Å². The second-order valence-corrected chi connectivity index (χ2v) is 3.24. The van der Waals surface area contributed by atoms with E-state index in [9.17, 15) is 0 Å². The van der Waals surface area contributed by atoms with Crippen LogP contribution in [0.15, 0.2) is 0 Å². The number of nitrogens with two attached hydrogens (primary N) is 1. The van der Waals surface area contributed by atoms with Gasteiger partial charge in [0.15, 0.2) is 0 Å². The first-order chi connectivity index (χ1) is 7.31. The van der Waals surface area contributed by atoms with E-state index in [4.69, 9.17) is 15.3 Å². The summed E-state index contributed by atoms with van der Waals surface area (Å²) in [7, 11) is 1.47. The van der Waals surface area contributed by atoms with E-state index in [0.717, 1.165) is 12.8 Å². The molecule has 0 spiro atoms. The number of nitrogens with one attached hydrogen (secondary N) is 1. The van der Waals surface area contributed by atoms with E-state index >= 15 is 0 Å². The molecule has 0 atom stereocenters. The van der Waals surface area contributed by atoms with Gasteiger partial charge < -0.3 is 9.47 Å². The molecule has 0 saturated heterocycles. The summed E-state index contributed by atoms with van der Waals surface area (Å²) in [6.07, 6.45) is 3.48. The zero-order valence-electron chi connectivity index (χ0n) is 8.43. The number of hydrogen-bond acceptors (Lipinski definition) is 7. The van der Waals surface area contributed by atoms with Crippen LogP contribution in [0.5, 0.6) is 12.0 Å². The van der Waals surface area contributed by atoms with E-state index in [1.807, 2.05) is 0 Å². The topological polar surface area (TPSA) is 95.2 Å². The molecule has 0 radical (unpaired) electrons. The molecule has 7 heteroatoms. The van der Waals surface area contributed by atoms with Crippen molar-refractivity contribution in [3.8, 4) is 12.0 Å². The molecule has 1 heterocycles. The second-order valence-electron chi connectivity index (χ2n) is 3.24. The molecule has 15 heavy (non-hydrogen) atoms. The van der Waals surface area contributed by atoms with Crippen molar-refractivity contribution < 1.29 is 9.47 Å². The average molecular weight is 211 g/mol. The Hall–Kier alpha value is -1.63. The van der Waals surface area contributed by atoms with Crippen molar-refractivity contribution in [2.75, 3.05) is 12.5 Å². The summed E-state index contributed by atoms with van der Waals surface area (Å²) in [5.74, 6) is 5.44. The molecule has 2 rings (SSSR count). The van der Waals surface area contributed by atoms with Crippen LogP contribution in [0, 0.1) is 0 Å². The lowest BCUT2D eigenvalue weighted by atomic mass is 9.96. The first kappa shape index (κ1) is 9.91. The van der Waals surface area contributed by atoms with Gasteiger partial charge in [-0.1, -0.05) is 0 Å². The number of ether oxygens (including phenoxy) is 2. The van der Waals surface area contributed by atoms with Crippen LogP contribution >= 0.6 is 0 Å². The minimum atomic E-state index is 0.187. The van der Waals surface area contributed by atoms with Gasteiger partial charge in [0, 0.05) is 0 Å². The maximum Gasteiger partial charge on any atom is 0.324 e. The highest BCUT2D eigenvalue weighted by Gasteiger charge is 2.21.